The van der Waals surface area contributed by atoms with Gasteiger partial charge in [-0.25, -0.2) is 17.9 Å². The van der Waals surface area contributed by atoms with Crippen LogP contribution >= 0.6 is 23.2 Å². The second kappa shape index (κ2) is 9.05. The van der Waals surface area contributed by atoms with Gasteiger partial charge in [0.15, 0.2) is 16.4 Å². The number of sulfone groups is 1. The fourth-order valence-electron chi connectivity index (χ4n) is 3.29. The second-order valence-electron chi connectivity index (χ2n) is 7.24. The van der Waals surface area contributed by atoms with E-state index in [2.05, 4.69) is 15.3 Å². The van der Waals surface area contributed by atoms with Crippen LogP contribution in [-0.4, -0.2) is 45.9 Å². The average molecular weight is 497 g/mol. The minimum Gasteiger partial charge on any atom is -0.452 e. The van der Waals surface area contributed by atoms with Crippen LogP contribution in [0.4, 0.5) is 0 Å². The summed E-state index contributed by atoms with van der Waals surface area (Å²) in [7, 11) is -3.08. The van der Waals surface area contributed by atoms with Crippen molar-refractivity contribution >= 4 is 45.1 Å². The Balaban J connectivity index is 1.38. The van der Waals surface area contributed by atoms with E-state index in [1.807, 2.05) is 0 Å². The van der Waals surface area contributed by atoms with Gasteiger partial charge in [-0.05, 0) is 43.7 Å². The van der Waals surface area contributed by atoms with E-state index in [4.69, 9.17) is 32.4 Å². The molecular weight excluding hydrogens is 479 g/mol. The number of benzene rings is 1. The summed E-state index contributed by atoms with van der Waals surface area (Å²) >= 11 is 12.3. The number of esters is 1. The van der Waals surface area contributed by atoms with Crippen molar-refractivity contribution in [2.45, 2.75) is 26.0 Å². The largest absolute Gasteiger partial charge is 0.452 e. The van der Waals surface area contributed by atoms with Gasteiger partial charge in [-0.15, -0.1) is 10.2 Å². The van der Waals surface area contributed by atoms with Crippen molar-refractivity contribution in [1.82, 2.24) is 20.0 Å². The molecule has 0 radical (unpaired) electrons. The van der Waals surface area contributed by atoms with Gasteiger partial charge in [-0.2, -0.15) is 5.10 Å². The minimum atomic E-state index is -3.08. The van der Waals surface area contributed by atoms with Crippen molar-refractivity contribution in [3.05, 3.63) is 57.7 Å². The third kappa shape index (κ3) is 5.03. The number of carbonyl (C=O) groups excluding carboxylic acids is 1. The van der Waals surface area contributed by atoms with Crippen LogP contribution in [-0.2, 0) is 26.0 Å². The van der Waals surface area contributed by atoms with E-state index in [1.54, 1.807) is 31.2 Å². The van der Waals surface area contributed by atoms with Crippen molar-refractivity contribution in [3.63, 3.8) is 0 Å². The Morgan fingerprint density at radius 3 is 2.72 bits per heavy atom. The van der Waals surface area contributed by atoms with Gasteiger partial charge in [0.25, 0.3) is 5.89 Å². The fraction of sp³-hybridized carbons (Fsp3) is 0.300. The predicted molar refractivity (Wildman–Crippen MR) is 118 cm³/mol. The first-order valence-corrected chi connectivity index (χ1v) is 12.2. The van der Waals surface area contributed by atoms with Gasteiger partial charge in [-0.3, -0.25) is 0 Å². The number of aryl methyl sites for hydroxylation is 1. The van der Waals surface area contributed by atoms with E-state index >= 15 is 0 Å². The number of aromatic nitrogens is 4. The van der Waals surface area contributed by atoms with Crippen LogP contribution in [0.5, 0.6) is 0 Å². The highest BCUT2D eigenvalue weighted by Gasteiger charge is 2.31. The zero-order chi connectivity index (χ0) is 22.9. The molecule has 3 heterocycles. The summed E-state index contributed by atoms with van der Waals surface area (Å²) in [5.41, 5.74) is 1.79. The van der Waals surface area contributed by atoms with E-state index in [9.17, 15) is 13.2 Å². The lowest BCUT2D eigenvalue weighted by molar-refractivity contribution is -0.139. The zero-order valence-electron chi connectivity index (χ0n) is 16.9. The van der Waals surface area contributed by atoms with Gasteiger partial charge in [0.2, 0.25) is 5.89 Å². The average Bonchev–Trinajstić information content (AvgIpc) is 3.43. The minimum absolute atomic E-state index is 0.00122. The molecule has 0 spiro atoms. The maximum absolute atomic E-state index is 12.1. The topological polar surface area (TPSA) is 117 Å². The molecule has 2 aromatic heterocycles. The Morgan fingerprint density at radius 1 is 1.28 bits per heavy atom. The summed E-state index contributed by atoms with van der Waals surface area (Å²) in [4.78, 5) is 12.1. The van der Waals surface area contributed by atoms with Crippen LogP contribution in [0.25, 0.3) is 17.5 Å². The van der Waals surface area contributed by atoms with Crippen LogP contribution in [0.2, 0.25) is 10.2 Å². The van der Waals surface area contributed by atoms with Gasteiger partial charge in [0, 0.05) is 22.2 Å². The molecule has 0 N–H and O–H groups in total. The fourth-order valence-corrected chi connectivity index (χ4v) is 5.48. The number of carbonyl (C=O) groups is 1. The van der Waals surface area contributed by atoms with Crippen molar-refractivity contribution in [1.29, 1.82) is 0 Å². The van der Waals surface area contributed by atoms with Crippen molar-refractivity contribution in [2.75, 3.05) is 11.5 Å². The van der Waals surface area contributed by atoms with Gasteiger partial charge < -0.3 is 9.15 Å². The summed E-state index contributed by atoms with van der Waals surface area (Å²) < 4.78 is 35.6. The van der Waals surface area contributed by atoms with Crippen molar-refractivity contribution < 1.29 is 22.4 Å². The summed E-state index contributed by atoms with van der Waals surface area (Å²) in [6, 6.07) is 6.56. The Hall–Kier alpha value is -2.69. The Labute approximate surface area is 193 Å². The Morgan fingerprint density at radius 2 is 2.03 bits per heavy atom. The third-order valence-electron chi connectivity index (χ3n) is 4.91. The molecule has 4 rings (SSSR count). The van der Waals surface area contributed by atoms with Crippen molar-refractivity contribution in [2.24, 2.45) is 0 Å². The first-order chi connectivity index (χ1) is 15.2. The van der Waals surface area contributed by atoms with Gasteiger partial charge in [0.1, 0.15) is 5.15 Å². The monoisotopic (exact) mass is 496 g/mol. The van der Waals surface area contributed by atoms with Crippen LogP contribution in [0.3, 0.4) is 0 Å². The summed E-state index contributed by atoms with van der Waals surface area (Å²) in [5.74, 6) is -0.0998. The molecule has 9 nitrogen and oxygen atoms in total. The summed E-state index contributed by atoms with van der Waals surface area (Å²) in [6.07, 6.45) is 3.15. The van der Waals surface area contributed by atoms with Crippen LogP contribution in [0.15, 0.2) is 34.8 Å². The third-order valence-corrected chi connectivity index (χ3v) is 7.29. The lowest BCUT2D eigenvalue weighted by atomic mass is 10.2. The van der Waals surface area contributed by atoms with Crippen LogP contribution < -0.4 is 0 Å². The van der Waals surface area contributed by atoms with E-state index < -0.39 is 15.8 Å². The van der Waals surface area contributed by atoms with E-state index in [0.717, 1.165) is 0 Å². The van der Waals surface area contributed by atoms with Gasteiger partial charge >= 0.3 is 5.97 Å². The molecule has 1 aliphatic rings. The number of ether oxygens (including phenoxy) is 1. The maximum Gasteiger partial charge on any atom is 0.331 e. The summed E-state index contributed by atoms with van der Waals surface area (Å²) in [6.45, 7) is 1.53. The standard InChI is InChI=1S/C20H18Cl2N4O5S/c1-12-16(19(22)26(25-12)15-8-9-32(28,29)11-15)6-7-18(27)30-10-17-23-24-20(31-17)13-2-4-14(21)5-3-13/h2-7,15H,8-11H2,1H3. The number of rotatable bonds is 6. The highest BCUT2D eigenvalue weighted by atomic mass is 35.5. The van der Waals surface area contributed by atoms with Crippen LogP contribution in [0, 0.1) is 6.92 Å². The molecule has 32 heavy (non-hydrogen) atoms. The molecule has 1 unspecified atom stereocenters. The number of nitrogens with zero attached hydrogens (tertiary/aromatic N) is 4. The Bertz CT molecular complexity index is 1280. The Kier molecular flexibility index (Phi) is 6.36. The molecule has 0 aliphatic carbocycles. The number of hydrogen-bond acceptors (Lipinski definition) is 8. The molecule has 0 bridgehead atoms. The second-order valence-corrected chi connectivity index (χ2v) is 10.3. The molecule has 0 saturated carbocycles. The normalized spacial score (nSPS) is 17.8. The molecule has 1 fully saturated rings. The van der Waals surface area contributed by atoms with Gasteiger partial charge in [0.05, 0.1) is 23.2 Å². The zero-order valence-corrected chi connectivity index (χ0v) is 19.2. The highest BCUT2D eigenvalue weighted by Crippen LogP contribution is 2.30. The first-order valence-electron chi connectivity index (χ1n) is 9.60. The van der Waals surface area contributed by atoms with Gasteiger partial charge in [-0.1, -0.05) is 23.2 Å². The molecule has 0 amide bonds. The first kappa shape index (κ1) is 22.5. The quantitative estimate of drug-likeness (QED) is 0.374. The highest BCUT2D eigenvalue weighted by molar-refractivity contribution is 7.91. The molecule has 1 aromatic carbocycles. The molecule has 168 valence electrons. The van der Waals surface area contributed by atoms with Crippen molar-refractivity contribution in [3.8, 4) is 11.5 Å². The van der Waals surface area contributed by atoms with Crippen LogP contribution in [0.1, 0.15) is 29.6 Å². The summed E-state index contributed by atoms with van der Waals surface area (Å²) in [5, 5.41) is 13.0. The van der Waals surface area contributed by atoms with E-state index in [-0.39, 0.29) is 41.1 Å². The smallest absolute Gasteiger partial charge is 0.331 e. The lowest BCUT2D eigenvalue weighted by Crippen LogP contribution is -2.12. The maximum atomic E-state index is 12.1. The molecule has 12 heteroatoms. The molecule has 1 saturated heterocycles. The number of hydrogen-bond donors (Lipinski definition) is 0. The van der Waals surface area contributed by atoms with E-state index in [1.165, 1.54) is 16.8 Å². The molecular formula is C20H18Cl2N4O5S. The molecule has 3 aromatic rings. The predicted octanol–water partition coefficient (Wildman–Crippen LogP) is 3.66. The lowest BCUT2D eigenvalue weighted by Gasteiger charge is -2.09. The van der Waals surface area contributed by atoms with E-state index in [0.29, 0.717) is 28.3 Å². The number of halogens is 2. The SMILES string of the molecule is Cc1nn(C2CCS(=O)(=O)C2)c(Cl)c1C=CC(=O)OCc1nnc(-c2ccc(Cl)cc2)o1. The molecule has 1 atom stereocenters. The molecule has 1 aliphatic heterocycles.